The Hall–Kier alpha value is -1.04. The predicted octanol–water partition coefficient (Wildman–Crippen LogP) is 7.01. The van der Waals surface area contributed by atoms with Crippen molar-refractivity contribution >= 4 is 0 Å². The molecule has 2 aliphatic carbocycles. The van der Waals surface area contributed by atoms with E-state index in [0.717, 1.165) is 11.8 Å². The zero-order valence-corrected chi connectivity index (χ0v) is 15.1. The van der Waals surface area contributed by atoms with Crippen LogP contribution in [0.2, 0.25) is 0 Å². The Morgan fingerprint density at radius 2 is 2.00 bits per heavy atom. The molecule has 0 radical (unpaired) electrons. The molecule has 0 bridgehead atoms. The minimum Gasteiger partial charge on any atom is -0.0779 e. The van der Waals surface area contributed by atoms with E-state index in [-0.39, 0.29) is 0 Å². The monoisotopic (exact) mass is 298 g/mol. The number of rotatable bonds is 4. The van der Waals surface area contributed by atoms with Crippen LogP contribution < -0.4 is 0 Å². The van der Waals surface area contributed by atoms with Crippen molar-refractivity contribution in [2.75, 3.05) is 0 Å². The van der Waals surface area contributed by atoms with Crippen LogP contribution in [0.15, 0.2) is 47.1 Å². The van der Waals surface area contributed by atoms with Gasteiger partial charge in [0.25, 0.3) is 0 Å². The summed E-state index contributed by atoms with van der Waals surface area (Å²) in [5.41, 5.74) is 4.38. The summed E-state index contributed by atoms with van der Waals surface area (Å²) < 4.78 is 0. The van der Waals surface area contributed by atoms with Gasteiger partial charge in [0, 0.05) is 0 Å². The van der Waals surface area contributed by atoms with Gasteiger partial charge in [0.05, 0.1) is 0 Å². The number of allylic oxidation sites excluding steroid dienone is 8. The van der Waals surface area contributed by atoms with Gasteiger partial charge < -0.3 is 0 Å². The summed E-state index contributed by atoms with van der Waals surface area (Å²) in [7, 11) is 0. The van der Waals surface area contributed by atoms with E-state index in [1.165, 1.54) is 56.1 Å². The first-order valence-electron chi connectivity index (χ1n) is 9.27. The normalized spacial score (nSPS) is 30.9. The topological polar surface area (TPSA) is 0 Å². The smallest absolute Gasteiger partial charge is 0.0221 e. The zero-order valence-electron chi connectivity index (χ0n) is 15.1. The molecule has 0 saturated heterocycles. The molecule has 3 atom stereocenters. The van der Waals surface area contributed by atoms with Gasteiger partial charge >= 0.3 is 0 Å². The molecular formula is C22H34. The molecular weight excluding hydrogens is 264 g/mol. The van der Waals surface area contributed by atoms with Gasteiger partial charge in [0.1, 0.15) is 0 Å². The third-order valence-corrected chi connectivity index (χ3v) is 5.34. The van der Waals surface area contributed by atoms with Crippen LogP contribution in [0.5, 0.6) is 0 Å². The molecule has 0 spiro atoms. The highest BCUT2D eigenvalue weighted by Gasteiger charge is 2.16. The molecule has 0 N–H and O–H groups in total. The second kappa shape index (κ2) is 8.56. The molecule has 2 aliphatic rings. The molecule has 0 heteroatoms. The van der Waals surface area contributed by atoms with Crippen molar-refractivity contribution in [3.63, 3.8) is 0 Å². The van der Waals surface area contributed by atoms with Crippen molar-refractivity contribution in [2.45, 2.75) is 72.6 Å². The molecule has 2 rings (SSSR count). The summed E-state index contributed by atoms with van der Waals surface area (Å²) >= 11 is 0. The average molecular weight is 299 g/mol. The first-order valence-corrected chi connectivity index (χ1v) is 9.27. The molecule has 1 fully saturated rings. The summed E-state index contributed by atoms with van der Waals surface area (Å²) in [4.78, 5) is 0. The van der Waals surface area contributed by atoms with E-state index < -0.39 is 0 Å². The number of hydrogen-bond acceptors (Lipinski definition) is 0. The van der Waals surface area contributed by atoms with Crippen LogP contribution in [-0.4, -0.2) is 0 Å². The van der Waals surface area contributed by atoms with Gasteiger partial charge in [-0.05, 0) is 62.0 Å². The summed E-state index contributed by atoms with van der Waals surface area (Å²) in [6.45, 7) is 9.24. The number of hydrogen-bond donors (Lipinski definition) is 0. The summed E-state index contributed by atoms with van der Waals surface area (Å²) in [6, 6.07) is 0. The lowest BCUT2D eigenvalue weighted by Crippen LogP contribution is -1.99. The Balaban J connectivity index is 1.85. The largest absolute Gasteiger partial charge is 0.0779 e. The van der Waals surface area contributed by atoms with E-state index in [1.54, 1.807) is 5.57 Å². The Morgan fingerprint density at radius 1 is 1.18 bits per heavy atom. The molecule has 0 aliphatic heterocycles. The Kier molecular flexibility index (Phi) is 6.73. The second-order valence-corrected chi connectivity index (χ2v) is 7.78. The summed E-state index contributed by atoms with van der Waals surface area (Å²) in [5, 5.41) is 0. The van der Waals surface area contributed by atoms with Crippen molar-refractivity contribution < 1.29 is 0 Å². The van der Waals surface area contributed by atoms with Crippen LogP contribution in [0.25, 0.3) is 0 Å². The molecule has 0 heterocycles. The minimum absolute atomic E-state index is 0.701. The van der Waals surface area contributed by atoms with Gasteiger partial charge in [-0.2, -0.15) is 0 Å². The van der Waals surface area contributed by atoms with Gasteiger partial charge in [-0.1, -0.05) is 75.5 Å². The van der Waals surface area contributed by atoms with Crippen LogP contribution in [0.1, 0.15) is 72.6 Å². The standard InChI is InChI=1S/C22H34/c1-17-7-5-9-21(13-11-17)16-18(2)8-6-10-22-14-12-19(3)15-20(22)4/h6,8,10,14-15,17,19,21H,5,7,9,11-13,16H2,1-4H3. The second-order valence-electron chi connectivity index (χ2n) is 7.78. The van der Waals surface area contributed by atoms with Gasteiger partial charge in [-0.25, -0.2) is 0 Å². The first kappa shape index (κ1) is 17.3. The Labute approximate surface area is 138 Å². The molecule has 0 aromatic carbocycles. The highest BCUT2D eigenvalue weighted by molar-refractivity contribution is 5.42. The lowest BCUT2D eigenvalue weighted by atomic mass is 9.91. The third kappa shape index (κ3) is 5.63. The average Bonchev–Trinajstić information content (AvgIpc) is 2.66. The fourth-order valence-corrected chi connectivity index (χ4v) is 3.87. The van der Waals surface area contributed by atoms with Crippen molar-refractivity contribution in [3.8, 4) is 0 Å². The van der Waals surface area contributed by atoms with E-state index in [2.05, 4.69) is 58.1 Å². The minimum atomic E-state index is 0.701. The molecule has 0 aromatic rings. The quantitative estimate of drug-likeness (QED) is 0.387. The maximum Gasteiger partial charge on any atom is -0.0221 e. The van der Waals surface area contributed by atoms with Gasteiger partial charge in [-0.15, -0.1) is 0 Å². The maximum absolute atomic E-state index is 2.42. The van der Waals surface area contributed by atoms with Gasteiger partial charge in [0.2, 0.25) is 0 Å². The molecule has 122 valence electrons. The molecule has 0 aromatic heterocycles. The van der Waals surface area contributed by atoms with Crippen LogP contribution in [-0.2, 0) is 0 Å². The van der Waals surface area contributed by atoms with Crippen molar-refractivity contribution in [1.29, 1.82) is 0 Å². The van der Waals surface area contributed by atoms with E-state index in [9.17, 15) is 0 Å². The van der Waals surface area contributed by atoms with Crippen LogP contribution in [0.3, 0.4) is 0 Å². The van der Waals surface area contributed by atoms with E-state index in [0.29, 0.717) is 5.92 Å². The lowest BCUT2D eigenvalue weighted by molar-refractivity contribution is 0.442. The van der Waals surface area contributed by atoms with Gasteiger partial charge in [0.15, 0.2) is 0 Å². The molecule has 1 saturated carbocycles. The zero-order chi connectivity index (χ0) is 15.9. The highest BCUT2D eigenvalue weighted by atomic mass is 14.2. The fraction of sp³-hybridized carbons (Fsp3) is 0.636. The van der Waals surface area contributed by atoms with Crippen molar-refractivity contribution in [1.82, 2.24) is 0 Å². The predicted molar refractivity (Wildman–Crippen MR) is 98.9 cm³/mol. The SMILES string of the molecule is CC(=CC=CC1=CCC(C)C=C1C)CC1CCCC(C)CC1. The Morgan fingerprint density at radius 3 is 2.77 bits per heavy atom. The van der Waals surface area contributed by atoms with E-state index >= 15 is 0 Å². The van der Waals surface area contributed by atoms with E-state index in [1.807, 2.05) is 0 Å². The molecule has 22 heavy (non-hydrogen) atoms. The third-order valence-electron chi connectivity index (χ3n) is 5.34. The van der Waals surface area contributed by atoms with Gasteiger partial charge in [-0.3, -0.25) is 0 Å². The summed E-state index contributed by atoms with van der Waals surface area (Å²) in [5.74, 6) is 2.57. The van der Waals surface area contributed by atoms with Crippen LogP contribution in [0.4, 0.5) is 0 Å². The molecule has 0 amide bonds. The lowest BCUT2D eigenvalue weighted by Gasteiger charge is -2.15. The molecule has 3 unspecified atom stereocenters. The maximum atomic E-state index is 2.42. The van der Waals surface area contributed by atoms with Crippen LogP contribution >= 0.6 is 0 Å². The van der Waals surface area contributed by atoms with Crippen LogP contribution in [0, 0.1) is 17.8 Å². The first-order chi connectivity index (χ1) is 10.5. The van der Waals surface area contributed by atoms with Crippen molar-refractivity contribution in [3.05, 3.63) is 47.1 Å². The van der Waals surface area contributed by atoms with E-state index in [4.69, 9.17) is 0 Å². The Bertz CT molecular complexity index is 472. The van der Waals surface area contributed by atoms with Crippen molar-refractivity contribution in [2.24, 2.45) is 17.8 Å². The summed E-state index contributed by atoms with van der Waals surface area (Å²) in [6.07, 6.45) is 21.3. The fourth-order valence-electron chi connectivity index (χ4n) is 3.87. The highest BCUT2D eigenvalue weighted by Crippen LogP contribution is 2.30. The molecule has 0 nitrogen and oxygen atoms in total.